The minimum absolute atomic E-state index is 0.345. The normalized spacial score (nSPS) is 35.5. The van der Waals surface area contributed by atoms with Crippen LogP contribution >= 0.6 is 12.6 Å². The number of thiol groups is 1. The molecule has 1 unspecified atom stereocenters. The molecule has 2 saturated carbocycles. The lowest BCUT2D eigenvalue weighted by Crippen LogP contribution is -2.36. The van der Waals surface area contributed by atoms with E-state index in [0.29, 0.717) is 10.2 Å². The quantitative estimate of drug-likeness (QED) is 0.553. The second-order valence-electron chi connectivity index (χ2n) is 7.69. The van der Waals surface area contributed by atoms with Gasteiger partial charge in [0.1, 0.15) is 0 Å². The first-order valence-corrected chi connectivity index (χ1v) is 8.69. The zero-order valence-corrected chi connectivity index (χ0v) is 13.4. The van der Waals surface area contributed by atoms with Crippen molar-refractivity contribution in [3.63, 3.8) is 0 Å². The maximum atomic E-state index is 5.26. The summed E-state index contributed by atoms with van der Waals surface area (Å²) >= 11 is 5.26. The van der Waals surface area contributed by atoms with Gasteiger partial charge in [0.25, 0.3) is 0 Å². The molecule has 1 atom stereocenters. The van der Waals surface area contributed by atoms with Gasteiger partial charge in [0.05, 0.1) is 0 Å². The standard InChI is InChI=1S/C17H32S/c1-16(2)12-8-4-3-5-9-13-17(18,14-16)15-10-6-7-11-15/h15,18H,3-14H2,1-2H3. The molecule has 1 heteroatoms. The summed E-state index contributed by atoms with van der Waals surface area (Å²) in [6.45, 7) is 4.96. The highest BCUT2D eigenvalue weighted by Crippen LogP contribution is 2.49. The molecule has 0 aromatic carbocycles. The molecule has 2 aliphatic rings. The topological polar surface area (TPSA) is 0 Å². The summed E-state index contributed by atoms with van der Waals surface area (Å²) in [5.74, 6) is 0.902. The third-order valence-corrected chi connectivity index (χ3v) is 6.11. The van der Waals surface area contributed by atoms with Gasteiger partial charge in [0.15, 0.2) is 0 Å². The highest BCUT2D eigenvalue weighted by Gasteiger charge is 2.40. The number of hydrogen-bond donors (Lipinski definition) is 1. The molecule has 0 aromatic rings. The summed E-state index contributed by atoms with van der Waals surface area (Å²) in [7, 11) is 0. The molecule has 0 spiro atoms. The van der Waals surface area contributed by atoms with Crippen LogP contribution in [0.25, 0.3) is 0 Å². The van der Waals surface area contributed by atoms with Crippen LogP contribution in [0.5, 0.6) is 0 Å². The molecule has 0 nitrogen and oxygen atoms in total. The van der Waals surface area contributed by atoms with E-state index in [4.69, 9.17) is 12.6 Å². The van der Waals surface area contributed by atoms with Gasteiger partial charge in [-0.2, -0.15) is 12.6 Å². The summed E-state index contributed by atoms with van der Waals surface area (Å²) in [6, 6.07) is 0. The Kier molecular flexibility index (Phi) is 5.08. The zero-order valence-electron chi connectivity index (χ0n) is 12.5. The molecule has 0 saturated heterocycles. The first-order valence-electron chi connectivity index (χ1n) is 8.24. The van der Waals surface area contributed by atoms with Crippen LogP contribution < -0.4 is 0 Å². The highest BCUT2D eigenvalue weighted by molar-refractivity contribution is 7.81. The maximum absolute atomic E-state index is 5.26. The Bertz CT molecular complexity index is 252. The summed E-state index contributed by atoms with van der Waals surface area (Å²) in [4.78, 5) is 0. The molecule has 0 radical (unpaired) electrons. The van der Waals surface area contributed by atoms with E-state index in [-0.39, 0.29) is 0 Å². The molecule has 0 aromatic heterocycles. The van der Waals surface area contributed by atoms with Crippen LogP contribution in [0.3, 0.4) is 0 Å². The monoisotopic (exact) mass is 268 g/mol. The van der Waals surface area contributed by atoms with E-state index in [2.05, 4.69) is 13.8 Å². The Morgan fingerprint density at radius 3 is 2.00 bits per heavy atom. The average molecular weight is 269 g/mol. The van der Waals surface area contributed by atoms with Crippen molar-refractivity contribution in [3.05, 3.63) is 0 Å². The van der Waals surface area contributed by atoms with E-state index in [0.717, 1.165) is 5.92 Å². The van der Waals surface area contributed by atoms with Crippen molar-refractivity contribution in [2.45, 2.75) is 95.6 Å². The number of hydrogen-bond acceptors (Lipinski definition) is 1. The summed E-state index contributed by atoms with van der Waals surface area (Å²) in [6.07, 6.45) is 17.1. The lowest BCUT2D eigenvalue weighted by Gasteiger charge is -2.42. The van der Waals surface area contributed by atoms with Crippen molar-refractivity contribution >= 4 is 12.6 Å². The molecule has 2 aliphatic carbocycles. The van der Waals surface area contributed by atoms with Gasteiger partial charge in [-0.15, -0.1) is 0 Å². The second-order valence-corrected chi connectivity index (χ2v) is 8.58. The van der Waals surface area contributed by atoms with Crippen molar-refractivity contribution in [1.82, 2.24) is 0 Å². The SMILES string of the molecule is CC1(C)CCCCCCCC(S)(C2CCCC2)C1. The van der Waals surface area contributed by atoms with Crippen molar-refractivity contribution in [1.29, 1.82) is 0 Å². The Morgan fingerprint density at radius 2 is 1.33 bits per heavy atom. The van der Waals surface area contributed by atoms with E-state index in [1.165, 1.54) is 77.0 Å². The minimum Gasteiger partial charge on any atom is -0.172 e. The summed E-state index contributed by atoms with van der Waals surface area (Å²) < 4.78 is 0.345. The maximum Gasteiger partial charge on any atom is 0.0163 e. The van der Waals surface area contributed by atoms with Gasteiger partial charge in [0, 0.05) is 4.75 Å². The molecule has 2 rings (SSSR count). The molecule has 2 fully saturated rings. The third-order valence-electron chi connectivity index (χ3n) is 5.36. The Hall–Kier alpha value is 0.350. The van der Waals surface area contributed by atoms with Crippen LogP contribution in [-0.4, -0.2) is 4.75 Å². The van der Waals surface area contributed by atoms with Crippen LogP contribution in [0, 0.1) is 11.3 Å². The highest BCUT2D eigenvalue weighted by atomic mass is 32.1. The number of rotatable bonds is 1. The fourth-order valence-corrected chi connectivity index (χ4v) is 5.23. The van der Waals surface area contributed by atoms with Crippen LogP contribution in [0.4, 0.5) is 0 Å². The fraction of sp³-hybridized carbons (Fsp3) is 1.00. The molecule has 0 N–H and O–H groups in total. The zero-order chi connectivity index (χ0) is 13.1. The Morgan fingerprint density at radius 1 is 0.778 bits per heavy atom. The smallest absolute Gasteiger partial charge is 0.0163 e. The van der Waals surface area contributed by atoms with E-state index < -0.39 is 0 Å². The molecule has 0 amide bonds. The molecular weight excluding hydrogens is 236 g/mol. The predicted octanol–water partition coefficient (Wildman–Crippen LogP) is 6.01. The third kappa shape index (κ3) is 3.92. The van der Waals surface area contributed by atoms with Crippen molar-refractivity contribution in [3.8, 4) is 0 Å². The van der Waals surface area contributed by atoms with Crippen LogP contribution in [0.15, 0.2) is 0 Å². The molecule has 106 valence electrons. The largest absolute Gasteiger partial charge is 0.172 e. The van der Waals surface area contributed by atoms with Gasteiger partial charge in [-0.1, -0.05) is 58.8 Å². The minimum atomic E-state index is 0.345. The van der Waals surface area contributed by atoms with E-state index in [9.17, 15) is 0 Å². The van der Waals surface area contributed by atoms with Crippen LogP contribution in [0.1, 0.15) is 90.9 Å². The van der Waals surface area contributed by atoms with Gasteiger partial charge < -0.3 is 0 Å². The summed E-state index contributed by atoms with van der Waals surface area (Å²) in [5.41, 5.74) is 0.502. The van der Waals surface area contributed by atoms with Crippen molar-refractivity contribution in [2.24, 2.45) is 11.3 Å². The van der Waals surface area contributed by atoms with Crippen molar-refractivity contribution < 1.29 is 0 Å². The second kappa shape index (κ2) is 6.20. The van der Waals surface area contributed by atoms with Gasteiger partial charge in [-0.05, 0) is 43.4 Å². The molecule has 0 bridgehead atoms. The van der Waals surface area contributed by atoms with Gasteiger partial charge in [-0.3, -0.25) is 0 Å². The first-order chi connectivity index (χ1) is 8.52. The lowest BCUT2D eigenvalue weighted by molar-refractivity contribution is 0.201. The Labute approximate surface area is 120 Å². The lowest BCUT2D eigenvalue weighted by atomic mass is 9.71. The van der Waals surface area contributed by atoms with Gasteiger partial charge >= 0.3 is 0 Å². The van der Waals surface area contributed by atoms with E-state index in [1.807, 2.05) is 0 Å². The van der Waals surface area contributed by atoms with E-state index >= 15 is 0 Å². The Balaban J connectivity index is 2.07. The molecule has 0 heterocycles. The van der Waals surface area contributed by atoms with Gasteiger partial charge in [-0.25, -0.2) is 0 Å². The van der Waals surface area contributed by atoms with E-state index in [1.54, 1.807) is 0 Å². The summed E-state index contributed by atoms with van der Waals surface area (Å²) in [5, 5.41) is 0. The van der Waals surface area contributed by atoms with Gasteiger partial charge in [0.2, 0.25) is 0 Å². The predicted molar refractivity (Wildman–Crippen MR) is 84.4 cm³/mol. The van der Waals surface area contributed by atoms with Crippen molar-refractivity contribution in [2.75, 3.05) is 0 Å². The van der Waals surface area contributed by atoms with Crippen LogP contribution in [0.2, 0.25) is 0 Å². The first kappa shape index (κ1) is 14.8. The average Bonchev–Trinajstić information content (AvgIpc) is 2.80. The molecule has 0 aliphatic heterocycles. The molecule has 18 heavy (non-hydrogen) atoms. The fourth-order valence-electron chi connectivity index (χ4n) is 4.38. The molecular formula is C17H32S. The van der Waals surface area contributed by atoms with Crippen LogP contribution in [-0.2, 0) is 0 Å².